The van der Waals surface area contributed by atoms with Crippen LogP contribution in [0.3, 0.4) is 0 Å². The van der Waals surface area contributed by atoms with E-state index in [9.17, 15) is 8.42 Å². The van der Waals surface area contributed by atoms with Crippen molar-refractivity contribution in [2.45, 2.75) is 16.6 Å². The number of sulfone groups is 1. The minimum absolute atomic E-state index is 0.192. The number of nitrogens with two attached hydrogens (primary N) is 1. The van der Waals surface area contributed by atoms with E-state index in [1.165, 1.54) is 19.2 Å². The van der Waals surface area contributed by atoms with Crippen LogP contribution in [0.15, 0.2) is 29.2 Å². The first-order valence-corrected chi connectivity index (χ1v) is 7.96. The van der Waals surface area contributed by atoms with Crippen LogP contribution in [-0.2, 0) is 14.6 Å². The molecule has 19 heavy (non-hydrogen) atoms. The van der Waals surface area contributed by atoms with Crippen molar-refractivity contribution < 1.29 is 13.2 Å². The second-order valence-electron chi connectivity index (χ2n) is 4.65. The van der Waals surface area contributed by atoms with Gasteiger partial charge in [0.05, 0.1) is 27.2 Å². The molecule has 0 spiro atoms. The summed E-state index contributed by atoms with van der Waals surface area (Å²) in [6.45, 7) is 0.222. The molecule has 2 N–H and O–H groups in total. The Morgan fingerprint density at radius 1 is 1.53 bits per heavy atom. The molecule has 1 aliphatic rings. The molecular formula is C12H14ClNO3S2. The quantitative estimate of drug-likeness (QED) is 0.838. The molecule has 4 nitrogen and oxygen atoms in total. The third-order valence-electron chi connectivity index (χ3n) is 3.42. The minimum Gasteiger partial charge on any atom is -0.393 e. The predicted molar refractivity (Wildman–Crippen MR) is 78.1 cm³/mol. The Kier molecular flexibility index (Phi) is 3.88. The van der Waals surface area contributed by atoms with Gasteiger partial charge in [0.25, 0.3) is 0 Å². The molecule has 0 radical (unpaired) electrons. The number of hydrogen-bond acceptors (Lipinski definition) is 4. The van der Waals surface area contributed by atoms with Gasteiger partial charge in [0, 0.05) is 12.1 Å². The van der Waals surface area contributed by atoms with Crippen LogP contribution in [0.5, 0.6) is 0 Å². The lowest BCUT2D eigenvalue weighted by Crippen LogP contribution is -2.32. The number of rotatable bonds is 5. The summed E-state index contributed by atoms with van der Waals surface area (Å²) >= 11 is 10.7. The lowest BCUT2D eigenvalue weighted by Gasteiger charge is -2.14. The molecule has 0 bridgehead atoms. The van der Waals surface area contributed by atoms with E-state index in [4.69, 9.17) is 34.3 Å². The highest BCUT2D eigenvalue weighted by Crippen LogP contribution is 2.53. The summed E-state index contributed by atoms with van der Waals surface area (Å²) < 4.78 is 30.0. The molecule has 7 heteroatoms. The summed E-state index contributed by atoms with van der Waals surface area (Å²) in [5.41, 5.74) is 4.94. The summed E-state index contributed by atoms with van der Waals surface area (Å²) in [4.78, 5) is 0.424. The molecule has 1 aromatic rings. The second kappa shape index (κ2) is 5.01. The largest absolute Gasteiger partial charge is 0.393 e. The van der Waals surface area contributed by atoms with Crippen LogP contribution in [-0.4, -0.2) is 32.4 Å². The van der Waals surface area contributed by atoms with Crippen molar-refractivity contribution >= 4 is 38.6 Å². The zero-order chi connectivity index (χ0) is 14.3. The molecule has 2 rings (SSSR count). The van der Waals surface area contributed by atoms with Crippen LogP contribution >= 0.6 is 23.8 Å². The van der Waals surface area contributed by atoms with Gasteiger partial charge in [-0.25, -0.2) is 8.42 Å². The van der Waals surface area contributed by atoms with Crippen molar-refractivity contribution in [3.8, 4) is 0 Å². The predicted octanol–water partition coefficient (Wildman–Crippen LogP) is 1.80. The van der Waals surface area contributed by atoms with Gasteiger partial charge in [0.2, 0.25) is 0 Å². The maximum atomic E-state index is 12.5. The first-order valence-electron chi connectivity index (χ1n) is 5.63. The third kappa shape index (κ3) is 2.50. The molecule has 1 aromatic carbocycles. The Bertz CT molecular complexity index is 600. The van der Waals surface area contributed by atoms with Gasteiger partial charge in [0.15, 0.2) is 9.84 Å². The Morgan fingerprint density at radius 3 is 2.58 bits per heavy atom. The molecule has 0 aromatic heterocycles. The van der Waals surface area contributed by atoms with Crippen molar-refractivity contribution in [2.75, 3.05) is 13.7 Å². The minimum atomic E-state index is -3.46. The first kappa shape index (κ1) is 14.7. The van der Waals surface area contributed by atoms with E-state index in [1.807, 2.05) is 0 Å². The van der Waals surface area contributed by atoms with E-state index in [0.717, 1.165) is 0 Å². The lowest BCUT2D eigenvalue weighted by molar-refractivity contribution is 0.169. The number of benzene rings is 1. The molecule has 0 unspecified atom stereocenters. The molecule has 2 atom stereocenters. The van der Waals surface area contributed by atoms with Crippen molar-refractivity contribution in [1.82, 2.24) is 0 Å². The van der Waals surface area contributed by atoms with E-state index in [1.54, 1.807) is 12.1 Å². The Morgan fingerprint density at radius 2 is 2.11 bits per heavy atom. The van der Waals surface area contributed by atoms with Gasteiger partial charge < -0.3 is 10.5 Å². The van der Waals surface area contributed by atoms with Crippen molar-refractivity contribution in [3.63, 3.8) is 0 Å². The SMILES string of the molecule is COC[C@@]1(C(N)=S)C[C@H]1S(=O)(=O)c1ccc(Cl)cc1. The van der Waals surface area contributed by atoms with Crippen LogP contribution in [0.4, 0.5) is 0 Å². The highest BCUT2D eigenvalue weighted by molar-refractivity contribution is 7.92. The summed E-state index contributed by atoms with van der Waals surface area (Å²) in [7, 11) is -1.96. The molecule has 1 fully saturated rings. The molecule has 1 saturated carbocycles. The molecular weight excluding hydrogens is 306 g/mol. The molecule has 0 heterocycles. The van der Waals surface area contributed by atoms with Gasteiger partial charge >= 0.3 is 0 Å². The zero-order valence-corrected chi connectivity index (χ0v) is 12.7. The highest BCUT2D eigenvalue weighted by Gasteiger charge is 2.63. The fraction of sp³-hybridized carbons (Fsp3) is 0.417. The summed E-state index contributed by atoms with van der Waals surface area (Å²) in [6, 6.07) is 6.09. The molecule has 1 aliphatic carbocycles. The van der Waals surface area contributed by atoms with Crippen LogP contribution in [0.25, 0.3) is 0 Å². The molecule has 0 aliphatic heterocycles. The second-order valence-corrected chi connectivity index (χ2v) is 7.65. The average Bonchev–Trinajstić information content (AvgIpc) is 3.07. The first-order chi connectivity index (χ1) is 8.84. The Balaban J connectivity index is 2.33. The van der Waals surface area contributed by atoms with Crippen LogP contribution in [0.2, 0.25) is 5.02 Å². The van der Waals surface area contributed by atoms with Crippen LogP contribution < -0.4 is 5.73 Å². The lowest BCUT2D eigenvalue weighted by atomic mass is 10.1. The highest BCUT2D eigenvalue weighted by atomic mass is 35.5. The standard InChI is InChI=1S/C12H14ClNO3S2/c1-17-7-12(11(14)18)6-10(12)19(15,16)9-4-2-8(13)3-5-9/h2-5,10H,6-7H2,1H3,(H2,14,18)/t10-,12+/m1/s1. The summed E-state index contributed by atoms with van der Waals surface area (Å²) in [6.07, 6.45) is 0.404. The Hall–Kier alpha value is -0.690. The van der Waals surface area contributed by atoms with Gasteiger partial charge in [-0.15, -0.1) is 0 Å². The molecule has 104 valence electrons. The van der Waals surface area contributed by atoms with Crippen molar-refractivity contribution in [2.24, 2.45) is 11.1 Å². The van der Waals surface area contributed by atoms with E-state index in [0.29, 0.717) is 11.4 Å². The smallest absolute Gasteiger partial charge is 0.182 e. The van der Waals surface area contributed by atoms with Crippen molar-refractivity contribution in [1.29, 1.82) is 0 Å². The van der Waals surface area contributed by atoms with Crippen LogP contribution in [0, 0.1) is 5.41 Å². The average molecular weight is 320 g/mol. The summed E-state index contributed by atoms with van der Waals surface area (Å²) in [5, 5.41) is -0.120. The maximum Gasteiger partial charge on any atom is 0.182 e. The molecule has 0 amide bonds. The van der Waals surface area contributed by atoms with Gasteiger partial charge in [0.1, 0.15) is 0 Å². The molecule has 0 saturated heterocycles. The van der Waals surface area contributed by atoms with E-state index < -0.39 is 20.5 Å². The van der Waals surface area contributed by atoms with Crippen molar-refractivity contribution in [3.05, 3.63) is 29.3 Å². The van der Waals surface area contributed by atoms with Gasteiger partial charge in [-0.1, -0.05) is 23.8 Å². The van der Waals surface area contributed by atoms with Gasteiger partial charge in [-0.3, -0.25) is 0 Å². The van der Waals surface area contributed by atoms with E-state index in [2.05, 4.69) is 0 Å². The van der Waals surface area contributed by atoms with E-state index in [-0.39, 0.29) is 16.5 Å². The topological polar surface area (TPSA) is 69.4 Å². The summed E-state index contributed by atoms with van der Waals surface area (Å²) in [5.74, 6) is 0. The van der Waals surface area contributed by atoms with Gasteiger partial charge in [-0.05, 0) is 30.7 Å². The van der Waals surface area contributed by atoms with E-state index >= 15 is 0 Å². The van der Waals surface area contributed by atoms with Crippen LogP contribution in [0.1, 0.15) is 6.42 Å². The monoisotopic (exact) mass is 319 g/mol. The number of halogens is 1. The van der Waals surface area contributed by atoms with Gasteiger partial charge in [-0.2, -0.15) is 0 Å². The Labute approximate surface area is 122 Å². The fourth-order valence-electron chi connectivity index (χ4n) is 2.21. The fourth-order valence-corrected chi connectivity index (χ4v) is 4.84. The third-order valence-corrected chi connectivity index (χ3v) is 6.37. The zero-order valence-electron chi connectivity index (χ0n) is 10.3. The number of methoxy groups -OCH3 is 1. The number of thiocarbonyl (C=S) groups is 1. The number of ether oxygens (including phenoxy) is 1. The normalized spacial score (nSPS) is 26.1. The maximum absolute atomic E-state index is 12.5. The number of hydrogen-bond donors (Lipinski definition) is 1.